The highest BCUT2D eigenvalue weighted by Crippen LogP contribution is 2.67. The van der Waals surface area contributed by atoms with Crippen molar-refractivity contribution in [2.75, 3.05) is 5.88 Å². The van der Waals surface area contributed by atoms with Gasteiger partial charge in [-0.2, -0.15) is 0 Å². The Morgan fingerprint density at radius 2 is 1.67 bits per heavy atom. The van der Waals surface area contributed by atoms with Crippen LogP contribution in [0, 0.1) is 40.4 Å². The van der Waals surface area contributed by atoms with Crippen molar-refractivity contribution in [1.82, 2.24) is 0 Å². The normalized spacial score (nSPS) is 48.9. The molecule has 4 rings (SSSR count). The molecule has 27 heavy (non-hydrogen) atoms. The molecule has 0 aromatic rings. The molecule has 0 radical (unpaired) electrons. The molecule has 0 amide bonds. The molecule has 4 heteroatoms. The summed E-state index contributed by atoms with van der Waals surface area (Å²) in [6.45, 7) is 6.75. The number of hydrogen-bond acceptors (Lipinski definition) is 3. The lowest BCUT2D eigenvalue weighted by molar-refractivity contribution is -0.160. The molecule has 4 aliphatic rings. The molecule has 4 aliphatic carbocycles. The van der Waals surface area contributed by atoms with Crippen molar-refractivity contribution in [3.05, 3.63) is 0 Å². The van der Waals surface area contributed by atoms with Gasteiger partial charge in [0.1, 0.15) is 17.8 Å². The van der Waals surface area contributed by atoms with E-state index in [0.717, 1.165) is 37.0 Å². The summed E-state index contributed by atoms with van der Waals surface area (Å²) in [5.74, 6) is 3.36. The second-order valence-electron chi connectivity index (χ2n) is 10.5. The van der Waals surface area contributed by atoms with E-state index in [9.17, 15) is 9.59 Å². The molecule has 0 aromatic heterocycles. The molecule has 3 nitrogen and oxygen atoms in total. The van der Waals surface area contributed by atoms with Crippen LogP contribution in [0.4, 0.5) is 0 Å². The third kappa shape index (κ3) is 3.07. The average molecular weight is 395 g/mol. The first-order valence-electron chi connectivity index (χ1n) is 11.1. The van der Waals surface area contributed by atoms with E-state index in [1.54, 1.807) is 0 Å². The second kappa shape index (κ2) is 7.04. The standard InChI is InChI=1S/C23H35ClO3/c1-14(25)18-6-7-19-17-5-4-15-12-16(27-21(26)13-24)8-10-22(15,2)20(17)9-11-23(18,19)3/h15-20H,4-13H2,1-3H3/t15-,16+,17?,18+,19?,20?,22-,23+/m0/s1. The fourth-order valence-electron chi connectivity index (χ4n) is 8.21. The zero-order chi connectivity index (χ0) is 19.4. The van der Waals surface area contributed by atoms with Gasteiger partial charge in [-0.1, -0.05) is 13.8 Å². The molecule has 8 atom stereocenters. The number of carbonyl (C=O) groups excluding carboxylic acids is 2. The van der Waals surface area contributed by atoms with Crippen LogP contribution in [0.15, 0.2) is 0 Å². The van der Waals surface area contributed by atoms with Crippen LogP contribution in [-0.4, -0.2) is 23.7 Å². The predicted octanol–water partition coefficient (Wildman–Crippen LogP) is 5.38. The van der Waals surface area contributed by atoms with E-state index in [4.69, 9.17) is 16.3 Å². The summed E-state index contributed by atoms with van der Waals surface area (Å²) in [4.78, 5) is 23.9. The number of ether oxygens (including phenoxy) is 1. The van der Waals surface area contributed by atoms with Crippen molar-refractivity contribution in [2.45, 2.75) is 84.7 Å². The summed E-state index contributed by atoms with van der Waals surface area (Å²) < 4.78 is 5.59. The number of fused-ring (bicyclic) bond motifs is 5. The van der Waals surface area contributed by atoms with Crippen molar-refractivity contribution in [2.24, 2.45) is 40.4 Å². The highest BCUT2D eigenvalue weighted by Gasteiger charge is 2.60. The number of alkyl halides is 1. The van der Waals surface area contributed by atoms with Gasteiger partial charge in [0, 0.05) is 5.92 Å². The Morgan fingerprint density at radius 3 is 2.37 bits per heavy atom. The number of rotatable bonds is 3. The van der Waals surface area contributed by atoms with E-state index < -0.39 is 0 Å². The highest BCUT2D eigenvalue weighted by molar-refractivity contribution is 6.26. The molecule has 0 aromatic carbocycles. The maximum absolute atomic E-state index is 12.3. The number of hydrogen-bond donors (Lipinski definition) is 0. The molecule has 0 aliphatic heterocycles. The fraction of sp³-hybridized carbons (Fsp3) is 0.913. The third-order valence-electron chi connectivity index (χ3n) is 9.52. The molecule has 0 saturated heterocycles. The molecular formula is C23H35ClO3. The van der Waals surface area contributed by atoms with Gasteiger partial charge in [0.2, 0.25) is 0 Å². The first-order valence-corrected chi connectivity index (χ1v) is 11.6. The van der Waals surface area contributed by atoms with Crippen molar-refractivity contribution in [3.8, 4) is 0 Å². The van der Waals surface area contributed by atoms with E-state index in [2.05, 4.69) is 13.8 Å². The van der Waals surface area contributed by atoms with Gasteiger partial charge in [-0.3, -0.25) is 9.59 Å². The first-order chi connectivity index (χ1) is 12.8. The Labute approximate surface area is 168 Å². The van der Waals surface area contributed by atoms with Crippen LogP contribution in [0.2, 0.25) is 0 Å². The van der Waals surface area contributed by atoms with Crippen LogP contribution in [0.1, 0.15) is 78.6 Å². The SMILES string of the molecule is CC(=O)[C@H]1CCC2C3CC[C@H]4C[C@H](OC(=O)CCl)CC[C@]4(C)C3CC[C@@]21C. The minimum atomic E-state index is -0.270. The number of Topliss-reactive ketones (excluding diaryl/α,β-unsaturated/α-hetero) is 1. The van der Waals surface area contributed by atoms with Crippen LogP contribution in [-0.2, 0) is 14.3 Å². The molecule has 152 valence electrons. The number of halogens is 1. The zero-order valence-electron chi connectivity index (χ0n) is 17.1. The van der Waals surface area contributed by atoms with E-state index in [-0.39, 0.29) is 23.4 Å². The second-order valence-corrected chi connectivity index (χ2v) is 10.7. The molecule has 4 fully saturated rings. The minimum absolute atomic E-state index is 0.0410. The van der Waals surface area contributed by atoms with E-state index in [1.165, 1.54) is 38.5 Å². The van der Waals surface area contributed by atoms with Gasteiger partial charge >= 0.3 is 5.97 Å². The van der Waals surface area contributed by atoms with Crippen LogP contribution in [0.3, 0.4) is 0 Å². The highest BCUT2D eigenvalue weighted by atomic mass is 35.5. The van der Waals surface area contributed by atoms with Gasteiger partial charge in [0.25, 0.3) is 0 Å². The van der Waals surface area contributed by atoms with Crippen molar-refractivity contribution in [3.63, 3.8) is 0 Å². The minimum Gasteiger partial charge on any atom is -0.461 e. The van der Waals surface area contributed by atoms with Crippen molar-refractivity contribution < 1.29 is 14.3 Å². The number of carbonyl (C=O) groups is 2. The Balaban J connectivity index is 1.51. The maximum Gasteiger partial charge on any atom is 0.321 e. The van der Waals surface area contributed by atoms with Crippen LogP contribution in [0.5, 0.6) is 0 Å². The Bertz CT molecular complexity index is 619. The topological polar surface area (TPSA) is 43.4 Å². The van der Waals surface area contributed by atoms with Crippen LogP contribution < -0.4 is 0 Å². The third-order valence-corrected chi connectivity index (χ3v) is 9.73. The Morgan fingerprint density at radius 1 is 0.963 bits per heavy atom. The molecule has 0 bridgehead atoms. The first kappa shape index (κ1) is 19.7. The zero-order valence-corrected chi connectivity index (χ0v) is 17.9. The van der Waals surface area contributed by atoms with Gasteiger partial charge < -0.3 is 4.74 Å². The lowest BCUT2D eigenvalue weighted by atomic mass is 9.44. The van der Waals surface area contributed by atoms with E-state index in [1.807, 2.05) is 6.92 Å². The van der Waals surface area contributed by atoms with Crippen molar-refractivity contribution in [1.29, 1.82) is 0 Å². The summed E-state index contributed by atoms with van der Waals surface area (Å²) in [6, 6.07) is 0. The summed E-state index contributed by atoms with van der Waals surface area (Å²) >= 11 is 5.63. The van der Waals surface area contributed by atoms with Crippen molar-refractivity contribution >= 4 is 23.4 Å². The largest absolute Gasteiger partial charge is 0.461 e. The molecule has 4 saturated carbocycles. The fourth-order valence-corrected chi connectivity index (χ4v) is 8.27. The number of esters is 1. The van der Waals surface area contributed by atoms with Gasteiger partial charge in [-0.15, -0.1) is 11.6 Å². The smallest absolute Gasteiger partial charge is 0.321 e. The average Bonchev–Trinajstić information content (AvgIpc) is 2.99. The lowest BCUT2D eigenvalue weighted by Gasteiger charge is -2.61. The lowest BCUT2D eigenvalue weighted by Crippen LogP contribution is -2.54. The van der Waals surface area contributed by atoms with Gasteiger partial charge in [0.05, 0.1) is 0 Å². The summed E-state index contributed by atoms with van der Waals surface area (Å²) in [5, 5.41) is 0. The van der Waals surface area contributed by atoms with E-state index in [0.29, 0.717) is 23.0 Å². The summed E-state index contributed by atoms with van der Waals surface area (Å²) in [7, 11) is 0. The Kier molecular flexibility index (Phi) is 5.15. The molecule has 0 N–H and O–H groups in total. The van der Waals surface area contributed by atoms with E-state index >= 15 is 0 Å². The molecular weight excluding hydrogens is 360 g/mol. The van der Waals surface area contributed by atoms with Crippen LogP contribution in [0.25, 0.3) is 0 Å². The Hall–Kier alpha value is -0.570. The number of ketones is 1. The van der Waals surface area contributed by atoms with Gasteiger partial charge in [0.15, 0.2) is 0 Å². The predicted molar refractivity (Wildman–Crippen MR) is 106 cm³/mol. The maximum atomic E-state index is 12.3. The summed E-state index contributed by atoms with van der Waals surface area (Å²) in [5.41, 5.74) is 0.617. The molecule has 3 unspecified atom stereocenters. The quantitative estimate of drug-likeness (QED) is 0.476. The van der Waals surface area contributed by atoms with Gasteiger partial charge in [-0.25, -0.2) is 0 Å². The van der Waals surface area contributed by atoms with Crippen LogP contribution >= 0.6 is 11.6 Å². The monoisotopic (exact) mass is 394 g/mol. The molecule has 0 heterocycles. The van der Waals surface area contributed by atoms with Gasteiger partial charge in [-0.05, 0) is 99.2 Å². The molecule has 0 spiro atoms. The summed E-state index contributed by atoms with van der Waals surface area (Å²) in [6.07, 6.45) is 10.6.